The van der Waals surface area contributed by atoms with Gasteiger partial charge in [0, 0.05) is 37.9 Å². The molecule has 0 aliphatic carbocycles. The number of pyridine rings is 2. The van der Waals surface area contributed by atoms with Crippen LogP contribution >= 0.6 is 0 Å². The van der Waals surface area contributed by atoms with Crippen molar-refractivity contribution in [3.8, 4) is 0 Å². The molecule has 1 aromatic carbocycles. The third-order valence-corrected chi connectivity index (χ3v) is 5.18. The van der Waals surface area contributed by atoms with Crippen LogP contribution in [-0.4, -0.2) is 33.9 Å². The van der Waals surface area contributed by atoms with Crippen molar-refractivity contribution >= 4 is 5.91 Å². The summed E-state index contributed by atoms with van der Waals surface area (Å²) in [5.74, 6) is -0.325. The zero-order valence-corrected chi connectivity index (χ0v) is 17.1. The number of rotatable bonds is 9. The Labute approximate surface area is 172 Å². The summed E-state index contributed by atoms with van der Waals surface area (Å²) in [4.78, 5) is 23.1. The maximum atomic E-state index is 12.6. The van der Waals surface area contributed by atoms with Crippen LogP contribution in [0.1, 0.15) is 33.9 Å². The molecule has 2 heterocycles. The second kappa shape index (κ2) is 9.94. The van der Waals surface area contributed by atoms with Gasteiger partial charge in [-0.25, -0.2) is 0 Å². The summed E-state index contributed by atoms with van der Waals surface area (Å²) in [5, 5.41) is 0. The molecule has 1 unspecified atom stereocenters. The Bertz CT molecular complexity index is 885. The maximum Gasteiger partial charge on any atom is 0.239 e. The number of aromatic nitrogens is 2. The van der Waals surface area contributed by atoms with Gasteiger partial charge in [-0.3, -0.25) is 19.7 Å². The Morgan fingerprint density at radius 1 is 0.966 bits per heavy atom. The van der Waals surface area contributed by atoms with E-state index in [1.54, 1.807) is 12.4 Å². The molecule has 5 heteroatoms. The standard InChI is InChI=1S/C24H28N4O/c1-18-7-8-22(19(2)15-18)23(24(25)29)28(13-9-20-5-3-11-26-16-20)14-10-21-6-4-12-27-17-21/h3-8,11-12,15-17,23H,9-10,13-14H2,1-2H3,(H2,25,29). The lowest BCUT2D eigenvalue weighted by Gasteiger charge is -2.31. The van der Waals surface area contributed by atoms with Gasteiger partial charge in [0.2, 0.25) is 5.91 Å². The monoisotopic (exact) mass is 388 g/mol. The summed E-state index contributed by atoms with van der Waals surface area (Å²) in [6, 6.07) is 13.7. The molecule has 0 radical (unpaired) electrons. The summed E-state index contributed by atoms with van der Waals surface area (Å²) < 4.78 is 0. The number of benzene rings is 1. The van der Waals surface area contributed by atoms with E-state index >= 15 is 0 Å². The molecule has 3 aromatic rings. The molecule has 5 nitrogen and oxygen atoms in total. The van der Waals surface area contributed by atoms with E-state index in [9.17, 15) is 4.79 Å². The molecule has 1 atom stereocenters. The van der Waals surface area contributed by atoms with Gasteiger partial charge in [0.1, 0.15) is 6.04 Å². The highest BCUT2D eigenvalue weighted by Gasteiger charge is 2.27. The summed E-state index contributed by atoms with van der Waals surface area (Å²) >= 11 is 0. The SMILES string of the molecule is Cc1ccc(C(C(N)=O)N(CCc2cccnc2)CCc2cccnc2)c(C)c1. The molecule has 0 aliphatic rings. The number of carbonyl (C=O) groups is 1. The van der Waals surface area contributed by atoms with Crippen LogP contribution in [0.2, 0.25) is 0 Å². The van der Waals surface area contributed by atoms with Gasteiger partial charge in [0.05, 0.1) is 0 Å². The van der Waals surface area contributed by atoms with Crippen LogP contribution < -0.4 is 5.73 Å². The van der Waals surface area contributed by atoms with Gasteiger partial charge in [-0.1, -0.05) is 35.9 Å². The van der Waals surface area contributed by atoms with Crippen molar-refractivity contribution in [2.24, 2.45) is 5.73 Å². The number of hydrogen-bond donors (Lipinski definition) is 1. The lowest BCUT2D eigenvalue weighted by Crippen LogP contribution is -2.40. The molecule has 2 N–H and O–H groups in total. The molecule has 29 heavy (non-hydrogen) atoms. The highest BCUT2D eigenvalue weighted by atomic mass is 16.1. The van der Waals surface area contributed by atoms with E-state index in [0.29, 0.717) is 13.1 Å². The van der Waals surface area contributed by atoms with Crippen molar-refractivity contribution < 1.29 is 4.79 Å². The predicted molar refractivity (Wildman–Crippen MR) is 115 cm³/mol. The Morgan fingerprint density at radius 2 is 1.55 bits per heavy atom. The molecule has 0 aliphatic heterocycles. The first kappa shape index (κ1) is 20.7. The highest BCUT2D eigenvalue weighted by molar-refractivity contribution is 5.82. The molecule has 2 aromatic heterocycles. The first-order valence-electron chi connectivity index (χ1n) is 9.93. The van der Waals surface area contributed by atoms with E-state index < -0.39 is 6.04 Å². The van der Waals surface area contributed by atoms with Gasteiger partial charge in [-0.05, 0) is 61.1 Å². The van der Waals surface area contributed by atoms with Crippen LogP contribution in [0.25, 0.3) is 0 Å². The van der Waals surface area contributed by atoms with Crippen LogP contribution in [0.5, 0.6) is 0 Å². The summed E-state index contributed by atoms with van der Waals surface area (Å²) in [5.41, 5.74) is 11.4. The van der Waals surface area contributed by atoms with Crippen molar-refractivity contribution in [2.45, 2.75) is 32.7 Å². The van der Waals surface area contributed by atoms with E-state index in [1.807, 2.05) is 43.6 Å². The Kier molecular flexibility index (Phi) is 7.09. The number of primary amides is 1. The molecule has 0 spiro atoms. The number of hydrogen-bond acceptors (Lipinski definition) is 4. The fraction of sp³-hybridized carbons (Fsp3) is 0.292. The second-order valence-corrected chi connectivity index (χ2v) is 7.42. The summed E-state index contributed by atoms with van der Waals surface area (Å²) in [6.45, 7) is 5.52. The average Bonchev–Trinajstić information content (AvgIpc) is 2.72. The van der Waals surface area contributed by atoms with E-state index in [0.717, 1.165) is 35.1 Å². The minimum Gasteiger partial charge on any atom is -0.368 e. The summed E-state index contributed by atoms with van der Waals surface area (Å²) in [7, 11) is 0. The first-order valence-corrected chi connectivity index (χ1v) is 9.93. The van der Waals surface area contributed by atoms with Gasteiger partial charge < -0.3 is 5.73 Å². The molecule has 0 saturated carbocycles. The van der Waals surface area contributed by atoms with Crippen LogP contribution in [-0.2, 0) is 17.6 Å². The second-order valence-electron chi connectivity index (χ2n) is 7.42. The fourth-order valence-electron chi connectivity index (χ4n) is 3.67. The third kappa shape index (κ3) is 5.72. The molecule has 0 fully saturated rings. The van der Waals surface area contributed by atoms with E-state index in [4.69, 9.17) is 5.73 Å². The van der Waals surface area contributed by atoms with E-state index in [1.165, 1.54) is 5.56 Å². The van der Waals surface area contributed by atoms with Crippen molar-refractivity contribution in [2.75, 3.05) is 13.1 Å². The number of amides is 1. The number of carbonyl (C=O) groups excluding carboxylic acids is 1. The number of aryl methyl sites for hydroxylation is 2. The van der Waals surface area contributed by atoms with Crippen molar-refractivity contribution in [1.29, 1.82) is 0 Å². The molecular formula is C24H28N4O. The van der Waals surface area contributed by atoms with Gasteiger partial charge in [-0.2, -0.15) is 0 Å². The van der Waals surface area contributed by atoms with Crippen molar-refractivity contribution in [3.05, 3.63) is 95.1 Å². The van der Waals surface area contributed by atoms with Gasteiger partial charge >= 0.3 is 0 Å². The molecule has 1 amide bonds. The highest BCUT2D eigenvalue weighted by Crippen LogP contribution is 2.25. The molecule has 3 rings (SSSR count). The lowest BCUT2D eigenvalue weighted by molar-refractivity contribution is -0.123. The number of nitrogens with zero attached hydrogens (tertiary/aromatic N) is 3. The smallest absolute Gasteiger partial charge is 0.239 e. The van der Waals surface area contributed by atoms with Crippen molar-refractivity contribution in [1.82, 2.24) is 14.9 Å². The maximum absolute atomic E-state index is 12.6. The third-order valence-electron chi connectivity index (χ3n) is 5.18. The van der Waals surface area contributed by atoms with E-state index in [2.05, 4.69) is 40.0 Å². The van der Waals surface area contributed by atoms with E-state index in [-0.39, 0.29) is 5.91 Å². The van der Waals surface area contributed by atoms with Crippen molar-refractivity contribution in [3.63, 3.8) is 0 Å². The minimum atomic E-state index is -0.469. The quantitative estimate of drug-likeness (QED) is 0.610. The van der Waals surface area contributed by atoms with Crippen LogP contribution in [0.15, 0.2) is 67.3 Å². The molecule has 150 valence electrons. The molecule has 0 bridgehead atoms. The summed E-state index contributed by atoms with van der Waals surface area (Å²) in [6.07, 6.45) is 8.88. The van der Waals surface area contributed by atoms with Gasteiger partial charge in [0.15, 0.2) is 0 Å². The van der Waals surface area contributed by atoms with Gasteiger partial charge in [0.25, 0.3) is 0 Å². The Balaban J connectivity index is 1.86. The van der Waals surface area contributed by atoms with Gasteiger partial charge in [-0.15, -0.1) is 0 Å². The molecular weight excluding hydrogens is 360 g/mol. The zero-order chi connectivity index (χ0) is 20.6. The number of nitrogens with two attached hydrogens (primary N) is 1. The Hall–Kier alpha value is -3.05. The minimum absolute atomic E-state index is 0.325. The normalized spacial score (nSPS) is 12.1. The topological polar surface area (TPSA) is 72.1 Å². The van der Waals surface area contributed by atoms with Crippen LogP contribution in [0, 0.1) is 13.8 Å². The molecule has 0 saturated heterocycles. The zero-order valence-electron chi connectivity index (χ0n) is 17.1. The predicted octanol–water partition coefficient (Wildman–Crippen LogP) is 3.41. The van der Waals surface area contributed by atoms with Crippen LogP contribution in [0.4, 0.5) is 0 Å². The first-order chi connectivity index (χ1) is 14.0. The average molecular weight is 389 g/mol. The Morgan fingerprint density at radius 3 is 2.00 bits per heavy atom. The largest absolute Gasteiger partial charge is 0.368 e. The van der Waals surface area contributed by atoms with Crippen LogP contribution in [0.3, 0.4) is 0 Å². The fourth-order valence-corrected chi connectivity index (χ4v) is 3.67. The lowest BCUT2D eigenvalue weighted by atomic mass is 9.96.